The molecule has 0 unspecified atom stereocenters. The van der Waals surface area contributed by atoms with Gasteiger partial charge in [-0.15, -0.1) is 0 Å². The molecule has 0 amide bonds. The van der Waals surface area contributed by atoms with E-state index < -0.39 is 10.1 Å². The van der Waals surface area contributed by atoms with Crippen molar-refractivity contribution in [2.24, 2.45) is 0 Å². The van der Waals surface area contributed by atoms with Gasteiger partial charge in [-0.1, -0.05) is 82.9 Å². The Morgan fingerprint density at radius 1 is 0.800 bits per heavy atom. The molecule has 0 aliphatic rings. The standard InChI is InChI=1S/C18H30O3S.CH4O.Ca/c1-2-3-4-5-6-7-8-9-10-14-17-21-22(19,20)18-15-12-11-13-16-18;1-2;/h11-13,15-16H,2-10,14,17H2,1H3;2H,1H3;. The monoisotopic (exact) mass is 398 g/mol. The first-order valence-electron chi connectivity index (χ1n) is 9.06. The van der Waals surface area contributed by atoms with E-state index in [0.29, 0.717) is 0 Å². The SMILES string of the molecule is CCCCCCCCCCCCOS(=O)(=O)c1ccccc1.CO.[Ca]. The van der Waals surface area contributed by atoms with Crippen LogP contribution in [0.3, 0.4) is 0 Å². The third-order valence-corrected chi connectivity index (χ3v) is 5.09. The predicted molar refractivity (Wildman–Crippen MR) is 105 cm³/mol. The molecule has 0 aliphatic heterocycles. The molecule has 0 aliphatic carbocycles. The predicted octanol–water partition coefficient (Wildman–Crippen LogP) is 4.54. The van der Waals surface area contributed by atoms with Gasteiger partial charge in [0, 0.05) is 44.8 Å². The van der Waals surface area contributed by atoms with Gasteiger partial charge in [0.05, 0.1) is 11.5 Å². The summed E-state index contributed by atoms with van der Waals surface area (Å²) in [6, 6.07) is 8.33. The van der Waals surface area contributed by atoms with Gasteiger partial charge in [-0.05, 0) is 18.6 Å². The number of aliphatic hydroxyl groups is 1. The average Bonchev–Trinajstić information content (AvgIpc) is 2.62. The Morgan fingerprint density at radius 3 is 1.72 bits per heavy atom. The first kappa shape index (κ1) is 27.6. The van der Waals surface area contributed by atoms with E-state index in [-0.39, 0.29) is 49.2 Å². The molecule has 1 aromatic carbocycles. The van der Waals surface area contributed by atoms with Crippen LogP contribution in [0.5, 0.6) is 0 Å². The van der Waals surface area contributed by atoms with Crippen molar-refractivity contribution in [3.05, 3.63) is 30.3 Å². The van der Waals surface area contributed by atoms with Gasteiger partial charge in [-0.3, -0.25) is 4.18 Å². The van der Waals surface area contributed by atoms with Crippen molar-refractivity contribution in [2.75, 3.05) is 13.7 Å². The first-order chi connectivity index (χ1) is 11.7. The van der Waals surface area contributed by atoms with Gasteiger partial charge < -0.3 is 5.11 Å². The minimum absolute atomic E-state index is 0. The smallest absolute Gasteiger partial charge is 0.296 e. The van der Waals surface area contributed by atoms with Gasteiger partial charge in [0.1, 0.15) is 0 Å². The summed E-state index contributed by atoms with van der Waals surface area (Å²) in [5, 5.41) is 7.00. The molecule has 0 saturated carbocycles. The van der Waals surface area contributed by atoms with Crippen molar-refractivity contribution < 1.29 is 17.7 Å². The summed E-state index contributed by atoms with van der Waals surface area (Å²) in [6.07, 6.45) is 12.3. The van der Waals surface area contributed by atoms with Crippen molar-refractivity contribution >= 4 is 47.9 Å². The summed E-state index contributed by atoms with van der Waals surface area (Å²) in [5.74, 6) is 0. The Balaban J connectivity index is 0. The molecule has 25 heavy (non-hydrogen) atoms. The molecule has 0 heterocycles. The van der Waals surface area contributed by atoms with Crippen LogP contribution in [0.15, 0.2) is 35.2 Å². The molecule has 0 saturated heterocycles. The van der Waals surface area contributed by atoms with Crippen LogP contribution in [0.4, 0.5) is 0 Å². The Morgan fingerprint density at radius 2 is 1.24 bits per heavy atom. The van der Waals surface area contributed by atoms with Gasteiger partial charge >= 0.3 is 0 Å². The third-order valence-electron chi connectivity index (χ3n) is 3.77. The fourth-order valence-electron chi connectivity index (χ4n) is 2.41. The minimum atomic E-state index is -3.57. The molecule has 0 spiro atoms. The summed E-state index contributed by atoms with van der Waals surface area (Å²) in [5.41, 5.74) is 0. The minimum Gasteiger partial charge on any atom is -0.400 e. The van der Waals surface area contributed by atoms with Crippen molar-refractivity contribution in [1.82, 2.24) is 0 Å². The quantitative estimate of drug-likeness (QED) is 0.301. The molecule has 1 aromatic rings. The van der Waals surface area contributed by atoms with Gasteiger partial charge in [-0.25, -0.2) is 0 Å². The molecule has 142 valence electrons. The normalized spacial score (nSPS) is 10.5. The van der Waals surface area contributed by atoms with Crippen LogP contribution in [-0.2, 0) is 14.3 Å². The molecular formula is C19H34CaO4S. The van der Waals surface area contributed by atoms with Crippen LogP contribution >= 0.6 is 0 Å². The van der Waals surface area contributed by atoms with Crippen LogP contribution < -0.4 is 0 Å². The molecule has 0 atom stereocenters. The van der Waals surface area contributed by atoms with E-state index >= 15 is 0 Å². The Hall–Kier alpha value is 0.350. The zero-order chi connectivity index (χ0) is 18.1. The summed E-state index contributed by atoms with van der Waals surface area (Å²) in [7, 11) is -2.57. The van der Waals surface area contributed by atoms with Crippen LogP contribution in [-0.4, -0.2) is 65.0 Å². The number of unbranched alkanes of at least 4 members (excludes halogenated alkanes) is 9. The van der Waals surface area contributed by atoms with E-state index in [2.05, 4.69) is 6.92 Å². The number of benzene rings is 1. The van der Waals surface area contributed by atoms with Crippen LogP contribution in [0.1, 0.15) is 71.1 Å². The van der Waals surface area contributed by atoms with E-state index in [1.807, 2.05) is 0 Å². The van der Waals surface area contributed by atoms with Gasteiger partial charge in [-0.2, -0.15) is 8.42 Å². The summed E-state index contributed by atoms with van der Waals surface area (Å²) in [6.45, 7) is 2.52. The Kier molecular flexibility index (Phi) is 21.1. The number of rotatable bonds is 13. The topological polar surface area (TPSA) is 63.6 Å². The van der Waals surface area contributed by atoms with Crippen molar-refractivity contribution in [1.29, 1.82) is 0 Å². The van der Waals surface area contributed by atoms with Gasteiger partial charge in [0.15, 0.2) is 0 Å². The van der Waals surface area contributed by atoms with E-state index in [1.54, 1.807) is 30.3 Å². The number of aliphatic hydroxyl groups excluding tert-OH is 1. The fourth-order valence-corrected chi connectivity index (χ4v) is 3.38. The zero-order valence-electron chi connectivity index (χ0n) is 16.0. The Labute approximate surface area is 184 Å². The molecule has 1 rings (SSSR count). The molecule has 2 radical (unpaired) electrons. The largest absolute Gasteiger partial charge is 0.400 e. The summed E-state index contributed by atoms with van der Waals surface area (Å²) >= 11 is 0. The van der Waals surface area contributed by atoms with E-state index in [1.165, 1.54) is 51.4 Å². The molecule has 0 aromatic heterocycles. The zero-order valence-corrected chi connectivity index (χ0v) is 19.0. The van der Waals surface area contributed by atoms with Crippen molar-refractivity contribution in [3.8, 4) is 0 Å². The fraction of sp³-hybridized carbons (Fsp3) is 0.684. The number of hydrogen-bond donors (Lipinski definition) is 1. The van der Waals surface area contributed by atoms with E-state index in [9.17, 15) is 8.42 Å². The average molecular weight is 399 g/mol. The maximum Gasteiger partial charge on any atom is 0.296 e. The summed E-state index contributed by atoms with van der Waals surface area (Å²) < 4.78 is 28.8. The molecule has 4 nitrogen and oxygen atoms in total. The molecule has 0 bridgehead atoms. The summed E-state index contributed by atoms with van der Waals surface area (Å²) in [4.78, 5) is 0.238. The first-order valence-corrected chi connectivity index (χ1v) is 10.5. The number of hydrogen-bond acceptors (Lipinski definition) is 4. The molecule has 1 N–H and O–H groups in total. The maximum atomic E-state index is 11.9. The Bertz CT molecular complexity index is 477. The van der Waals surface area contributed by atoms with Crippen molar-refractivity contribution in [2.45, 2.75) is 76.0 Å². The van der Waals surface area contributed by atoms with E-state index in [0.717, 1.165) is 20.0 Å². The molecular weight excluding hydrogens is 364 g/mol. The van der Waals surface area contributed by atoms with E-state index in [4.69, 9.17) is 9.29 Å². The third kappa shape index (κ3) is 15.1. The van der Waals surface area contributed by atoms with Crippen LogP contribution in [0.25, 0.3) is 0 Å². The molecule has 6 heteroatoms. The second-order valence-electron chi connectivity index (χ2n) is 5.77. The van der Waals surface area contributed by atoms with Crippen molar-refractivity contribution in [3.63, 3.8) is 0 Å². The second kappa shape index (κ2) is 19.1. The van der Waals surface area contributed by atoms with Crippen LogP contribution in [0.2, 0.25) is 0 Å². The maximum absolute atomic E-state index is 11.9. The van der Waals surface area contributed by atoms with Gasteiger partial charge in [0.25, 0.3) is 10.1 Å². The van der Waals surface area contributed by atoms with Gasteiger partial charge in [0.2, 0.25) is 0 Å². The molecule has 0 fully saturated rings. The van der Waals surface area contributed by atoms with Crippen LogP contribution in [0, 0.1) is 0 Å². The second-order valence-corrected chi connectivity index (χ2v) is 7.39.